The van der Waals surface area contributed by atoms with Gasteiger partial charge in [-0.1, -0.05) is 11.6 Å². The molecule has 2 aliphatic heterocycles. The Labute approximate surface area is 127 Å². The molecule has 2 aliphatic rings. The highest BCUT2D eigenvalue weighted by atomic mass is 35.5. The van der Waals surface area contributed by atoms with Crippen LogP contribution in [0.15, 0.2) is 23.1 Å². The summed E-state index contributed by atoms with van der Waals surface area (Å²) in [7, 11) is -3.73. The molecular formula is C13H15ClFNO4S. The van der Waals surface area contributed by atoms with Gasteiger partial charge < -0.3 is 9.47 Å². The highest BCUT2D eigenvalue weighted by Gasteiger charge is 2.42. The van der Waals surface area contributed by atoms with Gasteiger partial charge in [-0.15, -0.1) is 0 Å². The van der Waals surface area contributed by atoms with Crippen LogP contribution in [-0.2, 0) is 19.5 Å². The standard InChI is InChI=1S/C13H15ClFNO4S/c14-11-9-10(15)1-2-12(11)21(17,18)16-5-3-13(4-6-16)19-7-8-20-13/h1-2,9H,3-8H2. The van der Waals surface area contributed by atoms with Crippen LogP contribution in [0.2, 0.25) is 5.02 Å². The molecule has 2 saturated heterocycles. The van der Waals surface area contributed by atoms with Crippen molar-refractivity contribution in [1.82, 2.24) is 4.31 Å². The summed E-state index contributed by atoms with van der Waals surface area (Å²) in [5.41, 5.74) is 0. The van der Waals surface area contributed by atoms with Gasteiger partial charge >= 0.3 is 0 Å². The van der Waals surface area contributed by atoms with E-state index in [1.165, 1.54) is 10.4 Å². The number of sulfonamides is 1. The van der Waals surface area contributed by atoms with Crippen molar-refractivity contribution in [3.63, 3.8) is 0 Å². The van der Waals surface area contributed by atoms with Crippen molar-refractivity contribution in [1.29, 1.82) is 0 Å². The van der Waals surface area contributed by atoms with Gasteiger partial charge in [-0.2, -0.15) is 4.31 Å². The minimum absolute atomic E-state index is 0.0743. The van der Waals surface area contributed by atoms with Gasteiger partial charge in [-0.3, -0.25) is 0 Å². The van der Waals surface area contributed by atoms with E-state index in [2.05, 4.69) is 0 Å². The number of benzene rings is 1. The number of hydrogen-bond donors (Lipinski definition) is 0. The van der Waals surface area contributed by atoms with Crippen LogP contribution in [0.1, 0.15) is 12.8 Å². The maximum Gasteiger partial charge on any atom is 0.244 e. The Morgan fingerprint density at radius 1 is 1.19 bits per heavy atom. The van der Waals surface area contributed by atoms with E-state index in [0.29, 0.717) is 26.1 Å². The monoisotopic (exact) mass is 335 g/mol. The molecule has 0 saturated carbocycles. The number of piperidine rings is 1. The summed E-state index contributed by atoms with van der Waals surface area (Å²) in [6.45, 7) is 1.65. The lowest BCUT2D eigenvalue weighted by atomic mass is 10.1. The minimum Gasteiger partial charge on any atom is -0.347 e. The van der Waals surface area contributed by atoms with Crippen molar-refractivity contribution in [3.05, 3.63) is 29.0 Å². The summed E-state index contributed by atoms with van der Waals surface area (Å²) in [5, 5.41) is -0.108. The number of rotatable bonds is 2. The molecule has 3 rings (SSSR count). The summed E-state index contributed by atoms with van der Waals surface area (Å²) in [4.78, 5) is -0.0743. The van der Waals surface area contributed by atoms with Gasteiger partial charge in [0.25, 0.3) is 0 Å². The van der Waals surface area contributed by atoms with Crippen molar-refractivity contribution in [2.45, 2.75) is 23.5 Å². The summed E-state index contributed by atoms with van der Waals surface area (Å²) >= 11 is 5.86. The Morgan fingerprint density at radius 2 is 1.81 bits per heavy atom. The first-order valence-electron chi connectivity index (χ1n) is 6.66. The zero-order chi connectivity index (χ0) is 15.1. The predicted octanol–water partition coefficient (Wildman–Crippen LogP) is 2.01. The summed E-state index contributed by atoms with van der Waals surface area (Å²) in [5.74, 6) is -1.21. The van der Waals surface area contributed by atoms with Crippen LogP contribution in [0.3, 0.4) is 0 Å². The molecule has 21 heavy (non-hydrogen) atoms. The molecule has 0 aromatic heterocycles. The van der Waals surface area contributed by atoms with Crippen LogP contribution in [0, 0.1) is 5.82 Å². The molecule has 5 nitrogen and oxygen atoms in total. The average Bonchev–Trinajstić information content (AvgIpc) is 2.87. The molecule has 8 heteroatoms. The van der Waals surface area contributed by atoms with E-state index in [9.17, 15) is 12.8 Å². The third-order valence-electron chi connectivity index (χ3n) is 3.81. The number of nitrogens with zero attached hydrogens (tertiary/aromatic N) is 1. The second-order valence-electron chi connectivity index (χ2n) is 5.09. The number of halogens is 2. The molecule has 2 heterocycles. The molecule has 0 radical (unpaired) electrons. The maximum atomic E-state index is 13.1. The van der Waals surface area contributed by atoms with Gasteiger partial charge in [0.05, 0.1) is 18.2 Å². The first-order chi connectivity index (χ1) is 9.93. The number of ether oxygens (including phenoxy) is 2. The van der Waals surface area contributed by atoms with E-state index in [4.69, 9.17) is 21.1 Å². The first kappa shape index (κ1) is 15.2. The SMILES string of the molecule is O=S(=O)(c1ccc(F)cc1Cl)N1CCC2(CC1)OCCO2. The van der Waals surface area contributed by atoms with Crippen LogP contribution < -0.4 is 0 Å². The predicted molar refractivity (Wildman–Crippen MR) is 74.0 cm³/mol. The van der Waals surface area contributed by atoms with Gasteiger partial charge in [0.1, 0.15) is 10.7 Å². The lowest BCUT2D eigenvalue weighted by molar-refractivity contribution is -0.179. The number of hydrogen-bond acceptors (Lipinski definition) is 4. The van der Waals surface area contributed by atoms with Gasteiger partial charge in [0.15, 0.2) is 5.79 Å². The fourth-order valence-corrected chi connectivity index (χ4v) is 4.62. The minimum atomic E-state index is -3.73. The van der Waals surface area contributed by atoms with E-state index >= 15 is 0 Å². The van der Waals surface area contributed by atoms with E-state index in [0.717, 1.165) is 12.1 Å². The highest BCUT2D eigenvalue weighted by Crippen LogP contribution is 2.34. The molecule has 2 fully saturated rings. The summed E-state index contributed by atoms with van der Waals surface area (Å²) < 4.78 is 50.6. The zero-order valence-electron chi connectivity index (χ0n) is 11.2. The lowest BCUT2D eigenvalue weighted by Gasteiger charge is -2.36. The molecule has 116 valence electrons. The Hall–Kier alpha value is -0.730. The van der Waals surface area contributed by atoms with Crippen molar-refractivity contribution < 1.29 is 22.3 Å². The van der Waals surface area contributed by atoms with Crippen LogP contribution in [0.4, 0.5) is 4.39 Å². The largest absolute Gasteiger partial charge is 0.347 e. The van der Waals surface area contributed by atoms with E-state index in [-0.39, 0.29) is 23.0 Å². The third kappa shape index (κ3) is 2.80. The molecule has 0 amide bonds. The van der Waals surface area contributed by atoms with Crippen molar-refractivity contribution >= 4 is 21.6 Å². The lowest BCUT2D eigenvalue weighted by Crippen LogP contribution is -2.47. The van der Waals surface area contributed by atoms with E-state index < -0.39 is 21.6 Å². The van der Waals surface area contributed by atoms with Crippen LogP contribution in [0.5, 0.6) is 0 Å². The maximum absolute atomic E-state index is 13.1. The Kier molecular flexibility index (Phi) is 3.96. The van der Waals surface area contributed by atoms with Crippen molar-refractivity contribution in [2.24, 2.45) is 0 Å². The molecule has 1 aromatic rings. The van der Waals surface area contributed by atoms with Gasteiger partial charge in [0.2, 0.25) is 10.0 Å². The fourth-order valence-electron chi connectivity index (χ4n) is 2.68. The molecule has 0 unspecified atom stereocenters. The van der Waals surface area contributed by atoms with Crippen molar-refractivity contribution in [3.8, 4) is 0 Å². The Balaban J connectivity index is 1.80. The normalized spacial score (nSPS) is 22.8. The van der Waals surface area contributed by atoms with Crippen LogP contribution in [-0.4, -0.2) is 44.8 Å². The second kappa shape index (κ2) is 5.48. The van der Waals surface area contributed by atoms with Crippen molar-refractivity contribution in [2.75, 3.05) is 26.3 Å². The molecule has 0 aliphatic carbocycles. The van der Waals surface area contributed by atoms with Gasteiger partial charge in [0, 0.05) is 25.9 Å². The average molecular weight is 336 g/mol. The molecular weight excluding hydrogens is 321 g/mol. The topological polar surface area (TPSA) is 55.8 Å². The molecule has 0 N–H and O–H groups in total. The molecule has 1 aromatic carbocycles. The third-order valence-corrected chi connectivity index (χ3v) is 6.19. The smallest absolute Gasteiger partial charge is 0.244 e. The fraction of sp³-hybridized carbons (Fsp3) is 0.538. The highest BCUT2D eigenvalue weighted by molar-refractivity contribution is 7.89. The summed E-state index contributed by atoms with van der Waals surface area (Å²) in [6, 6.07) is 3.29. The molecule has 1 spiro atoms. The van der Waals surface area contributed by atoms with Gasteiger partial charge in [-0.05, 0) is 18.2 Å². The zero-order valence-corrected chi connectivity index (χ0v) is 12.8. The van der Waals surface area contributed by atoms with Gasteiger partial charge in [-0.25, -0.2) is 12.8 Å². The molecule has 0 atom stereocenters. The second-order valence-corrected chi connectivity index (χ2v) is 7.40. The quantitative estimate of drug-likeness (QED) is 0.829. The first-order valence-corrected chi connectivity index (χ1v) is 8.48. The Bertz CT molecular complexity index is 636. The van der Waals surface area contributed by atoms with Crippen LogP contribution >= 0.6 is 11.6 Å². The van der Waals surface area contributed by atoms with E-state index in [1.807, 2.05) is 0 Å². The van der Waals surface area contributed by atoms with E-state index in [1.54, 1.807) is 0 Å². The Morgan fingerprint density at radius 3 is 2.38 bits per heavy atom. The summed E-state index contributed by atoms with van der Waals surface area (Å²) in [6.07, 6.45) is 0.954. The molecule has 0 bridgehead atoms. The van der Waals surface area contributed by atoms with Crippen LogP contribution in [0.25, 0.3) is 0 Å².